The molecule has 1 atom stereocenters. The molecule has 0 aliphatic rings. The summed E-state index contributed by atoms with van der Waals surface area (Å²) >= 11 is 0. The van der Waals surface area contributed by atoms with E-state index in [9.17, 15) is 0 Å². The van der Waals surface area contributed by atoms with Gasteiger partial charge in [-0.2, -0.15) is 0 Å². The number of nitrogens with two attached hydrogens (primary N) is 1. The summed E-state index contributed by atoms with van der Waals surface area (Å²) in [6.45, 7) is 3.02. The van der Waals surface area contributed by atoms with E-state index in [-0.39, 0.29) is 6.04 Å². The standard InChI is InChI=1S/C7H15N5O/c1-3-6(5-13-2)12-7(4-8)9-10-11-12/h6H,3-5,8H2,1-2H3. The van der Waals surface area contributed by atoms with Crippen molar-refractivity contribution >= 4 is 0 Å². The van der Waals surface area contributed by atoms with E-state index in [1.165, 1.54) is 0 Å². The maximum atomic E-state index is 5.48. The topological polar surface area (TPSA) is 78.8 Å². The van der Waals surface area contributed by atoms with Gasteiger partial charge in [0.1, 0.15) is 0 Å². The molecular formula is C7H15N5O. The molecule has 0 aliphatic heterocycles. The van der Waals surface area contributed by atoms with Gasteiger partial charge in [0.15, 0.2) is 5.82 Å². The highest BCUT2D eigenvalue weighted by Gasteiger charge is 2.13. The van der Waals surface area contributed by atoms with Gasteiger partial charge in [0.05, 0.1) is 19.2 Å². The highest BCUT2D eigenvalue weighted by atomic mass is 16.5. The van der Waals surface area contributed by atoms with Gasteiger partial charge in [-0.05, 0) is 16.8 Å². The van der Waals surface area contributed by atoms with Crippen molar-refractivity contribution in [2.24, 2.45) is 5.73 Å². The van der Waals surface area contributed by atoms with Crippen molar-refractivity contribution < 1.29 is 4.74 Å². The molecular weight excluding hydrogens is 170 g/mol. The summed E-state index contributed by atoms with van der Waals surface area (Å²) < 4.78 is 6.79. The molecule has 0 saturated heterocycles. The summed E-state index contributed by atoms with van der Waals surface area (Å²) in [6.07, 6.45) is 0.923. The van der Waals surface area contributed by atoms with Crippen LogP contribution in [0.5, 0.6) is 0 Å². The number of ether oxygens (including phenoxy) is 1. The monoisotopic (exact) mass is 185 g/mol. The van der Waals surface area contributed by atoms with Crippen molar-refractivity contribution in [3.05, 3.63) is 5.82 Å². The van der Waals surface area contributed by atoms with Gasteiger partial charge in [0.2, 0.25) is 0 Å². The molecule has 0 aliphatic carbocycles. The fourth-order valence-electron chi connectivity index (χ4n) is 1.18. The van der Waals surface area contributed by atoms with Gasteiger partial charge in [-0.25, -0.2) is 4.68 Å². The predicted molar refractivity (Wildman–Crippen MR) is 46.9 cm³/mol. The SMILES string of the molecule is CCC(COC)n1nnnc1CN. The molecule has 1 aromatic heterocycles. The molecule has 0 saturated carbocycles. The minimum Gasteiger partial charge on any atom is -0.382 e. The fourth-order valence-corrected chi connectivity index (χ4v) is 1.18. The number of methoxy groups -OCH3 is 1. The van der Waals surface area contributed by atoms with E-state index in [0.29, 0.717) is 19.0 Å². The zero-order valence-electron chi connectivity index (χ0n) is 7.97. The lowest BCUT2D eigenvalue weighted by atomic mass is 10.2. The summed E-state index contributed by atoms with van der Waals surface area (Å²) in [7, 11) is 1.66. The predicted octanol–water partition coefficient (Wildman–Crippen LogP) is -0.271. The van der Waals surface area contributed by atoms with E-state index in [1.54, 1.807) is 11.8 Å². The van der Waals surface area contributed by atoms with Gasteiger partial charge in [-0.3, -0.25) is 0 Å². The van der Waals surface area contributed by atoms with Gasteiger partial charge in [0, 0.05) is 7.11 Å². The maximum absolute atomic E-state index is 5.48. The van der Waals surface area contributed by atoms with Crippen LogP contribution in [0.1, 0.15) is 25.2 Å². The summed E-state index contributed by atoms with van der Waals surface area (Å²) in [5.41, 5.74) is 5.48. The van der Waals surface area contributed by atoms with Crippen LogP contribution in [-0.4, -0.2) is 33.9 Å². The summed E-state index contributed by atoms with van der Waals surface area (Å²) in [5.74, 6) is 0.698. The molecule has 1 heterocycles. The van der Waals surface area contributed by atoms with E-state index in [2.05, 4.69) is 22.4 Å². The van der Waals surface area contributed by atoms with Crippen LogP contribution in [0.3, 0.4) is 0 Å². The van der Waals surface area contributed by atoms with Gasteiger partial charge in [0.25, 0.3) is 0 Å². The molecule has 6 nitrogen and oxygen atoms in total. The molecule has 13 heavy (non-hydrogen) atoms. The first-order valence-corrected chi connectivity index (χ1v) is 4.29. The molecule has 0 radical (unpaired) electrons. The maximum Gasteiger partial charge on any atom is 0.165 e. The van der Waals surface area contributed by atoms with Crippen LogP contribution in [0.15, 0.2) is 0 Å². The fraction of sp³-hybridized carbons (Fsp3) is 0.857. The largest absolute Gasteiger partial charge is 0.382 e. The molecule has 1 unspecified atom stereocenters. The van der Waals surface area contributed by atoms with E-state index >= 15 is 0 Å². The Balaban J connectivity index is 2.77. The average Bonchev–Trinajstić information content (AvgIpc) is 2.61. The summed E-state index contributed by atoms with van der Waals surface area (Å²) in [4.78, 5) is 0. The number of nitrogens with zero attached hydrogens (tertiary/aromatic N) is 4. The lowest BCUT2D eigenvalue weighted by Crippen LogP contribution is -2.19. The Morgan fingerprint density at radius 3 is 2.92 bits per heavy atom. The number of hydrogen-bond donors (Lipinski definition) is 1. The van der Waals surface area contributed by atoms with Gasteiger partial charge in [-0.15, -0.1) is 5.10 Å². The van der Waals surface area contributed by atoms with E-state index in [4.69, 9.17) is 10.5 Å². The second kappa shape index (κ2) is 4.88. The first-order valence-electron chi connectivity index (χ1n) is 4.29. The molecule has 74 valence electrons. The minimum absolute atomic E-state index is 0.179. The molecule has 0 spiro atoms. The van der Waals surface area contributed by atoms with Crippen molar-refractivity contribution in [3.8, 4) is 0 Å². The van der Waals surface area contributed by atoms with Gasteiger partial charge < -0.3 is 10.5 Å². The third kappa shape index (κ3) is 2.22. The smallest absolute Gasteiger partial charge is 0.165 e. The Kier molecular flexibility index (Phi) is 3.78. The summed E-state index contributed by atoms with van der Waals surface area (Å²) in [5, 5.41) is 11.3. The molecule has 0 aromatic carbocycles. The van der Waals surface area contributed by atoms with Crippen molar-refractivity contribution in [1.82, 2.24) is 20.2 Å². The Labute approximate surface area is 77.1 Å². The zero-order chi connectivity index (χ0) is 9.68. The molecule has 1 rings (SSSR count). The second-order valence-corrected chi connectivity index (χ2v) is 2.76. The number of hydrogen-bond acceptors (Lipinski definition) is 5. The van der Waals surface area contributed by atoms with Crippen molar-refractivity contribution in [1.29, 1.82) is 0 Å². The molecule has 1 aromatic rings. The number of tetrazole rings is 1. The van der Waals surface area contributed by atoms with Crippen LogP contribution < -0.4 is 5.73 Å². The molecule has 2 N–H and O–H groups in total. The van der Waals surface area contributed by atoms with Crippen LogP contribution in [0.25, 0.3) is 0 Å². The third-order valence-corrected chi connectivity index (χ3v) is 1.92. The lowest BCUT2D eigenvalue weighted by Gasteiger charge is -2.14. The van der Waals surface area contributed by atoms with Crippen LogP contribution in [0.2, 0.25) is 0 Å². The Bertz CT molecular complexity index is 249. The van der Waals surface area contributed by atoms with Crippen molar-refractivity contribution in [3.63, 3.8) is 0 Å². The number of rotatable bonds is 5. The van der Waals surface area contributed by atoms with Crippen molar-refractivity contribution in [2.75, 3.05) is 13.7 Å². The first-order chi connectivity index (χ1) is 6.33. The Morgan fingerprint density at radius 2 is 2.38 bits per heavy atom. The minimum atomic E-state index is 0.179. The lowest BCUT2D eigenvalue weighted by molar-refractivity contribution is 0.144. The second-order valence-electron chi connectivity index (χ2n) is 2.76. The molecule has 0 fully saturated rings. The van der Waals surface area contributed by atoms with Crippen LogP contribution in [0, 0.1) is 0 Å². The van der Waals surface area contributed by atoms with Crippen LogP contribution in [-0.2, 0) is 11.3 Å². The highest BCUT2D eigenvalue weighted by Crippen LogP contribution is 2.10. The Hall–Kier alpha value is -1.01. The molecule has 6 heteroatoms. The van der Waals surface area contributed by atoms with Crippen molar-refractivity contribution in [2.45, 2.75) is 25.9 Å². The molecule has 0 amide bonds. The van der Waals surface area contributed by atoms with Gasteiger partial charge >= 0.3 is 0 Å². The number of aromatic nitrogens is 4. The highest BCUT2D eigenvalue weighted by molar-refractivity contribution is 4.82. The Morgan fingerprint density at radius 1 is 1.62 bits per heavy atom. The van der Waals surface area contributed by atoms with E-state index < -0.39 is 0 Å². The van der Waals surface area contributed by atoms with Crippen LogP contribution >= 0.6 is 0 Å². The normalized spacial score (nSPS) is 13.2. The van der Waals surface area contributed by atoms with E-state index in [1.807, 2.05) is 0 Å². The average molecular weight is 185 g/mol. The summed E-state index contributed by atoms with van der Waals surface area (Å²) in [6, 6.07) is 0.179. The molecule has 0 bridgehead atoms. The van der Waals surface area contributed by atoms with Crippen LogP contribution in [0.4, 0.5) is 0 Å². The van der Waals surface area contributed by atoms with E-state index in [0.717, 1.165) is 6.42 Å². The third-order valence-electron chi connectivity index (χ3n) is 1.92. The van der Waals surface area contributed by atoms with Gasteiger partial charge in [-0.1, -0.05) is 6.92 Å². The zero-order valence-corrected chi connectivity index (χ0v) is 7.97. The first kappa shape index (κ1) is 10.1. The quantitative estimate of drug-likeness (QED) is 0.683.